The van der Waals surface area contributed by atoms with Crippen molar-refractivity contribution in [3.8, 4) is 5.75 Å². The third-order valence-electron chi connectivity index (χ3n) is 5.75. The Bertz CT molecular complexity index is 1050. The minimum absolute atomic E-state index is 0.0248. The van der Waals surface area contributed by atoms with Gasteiger partial charge in [0, 0.05) is 27.7 Å². The summed E-state index contributed by atoms with van der Waals surface area (Å²) in [5.41, 5.74) is 0.907. The molecule has 2 unspecified atom stereocenters. The maximum atomic E-state index is 13.2. The van der Waals surface area contributed by atoms with Crippen LogP contribution in [0.15, 0.2) is 51.7 Å². The van der Waals surface area contributed by atoms with Crippen molar-refractivity contribution in [1.29, 1.82) is 0 Å². The molecule has 0 aliphatic heterocycles. The minimum Gasteiger partial charge on any atom is -0.507 e. The number of thiophene rings is 1. The van der Waals surface area contributed by atoms with Crippen molar-refractivity contribution in [1.82, 2.24) is 0 Å². The Morgan fingerprint density at radius 3 is 2.48 bits per heavy atom. The van der Waals surface area contributed by atoms with Crippen molar-refractivity contribution >= 4 is 11.3 Å². The molecule has 0 amide bonds. The Balaban J connectivity index is 1.67. The fourth-order valence-electron chi connectivity index (χ4n) is 4.01. The Morgan fingerprint density at radius 2 is 1.93 bits per heavy atom. The van der Waals surface area contributed by atoms with Crippen LogP contribution in [-0.4, -0.2) is 5.11 Å². The van der Waals surface area contributed by atoms with Crippen molar-refractivity contribution in [2.24, 2.45) is 5.92 Å². The van der Waals surface area contributed by atoms with E-state index in [9.17, 15) is 14.3 Å². The second-order valence-corrected chi connectivity index (χ2v) is 9.25. The molecule has 2 aromatic heterocycles. The predicted molar refractivity (Wildman–Crippen MR) is 113 cm³/mol. The standard InChI is InChI=1S/C24H25FO3S/c1-3-16(12-15-5-9-18(25)10-6-15)20-13-19(26)23(24(27)28-20)22(17-7-8-17)21-11-4-14(2)29-21/h4-6,9-11,13,16-17,22,26H,3,7-8,12H2,1-2H3. The van der Waals surface area contributed by atoms with Crippen molar-refractivity contribution < 1.29 is 13.9 Å². The fraction of sp³-hybridized carbons (Fsp3) is 0.375. The molecule has 0 bridgehead atoms. The van der Waals surface area contributed by atoms with Crippen LogP contribution in [-0.2, 0) is 6.42 Å². The summed E-state index contributed by atoms with van der Waals surface area (Å²) in [6.07, 6.45) is 3.48. The number of hydrogen-bond acceptors (Lipinski definition) is 4. The molecule has 0 saturated heterocycles. The first-order valence-electron chi connectivity index (χ1n) is 10.1. The molecule has 0 radical (unpaired) electrons. The SMILES string of the molecule is CCC(Cc1ccc(F)cc1)c1cc(O)c(C(c2ccc(C)s2)C2CC2)c(=O)o1. The highest BCUT2D eigenvalue weighted by Gasteiger charge is 2.38. The molecule has 1 N–H and O–H groups in total. The molecular weight excluding hydrogens is 387 g/mol. The van der Waals surface area contributed by atoms with Gasteiger partial charge in [-0.05, 0) is 68.4 Å². The minimum atomic E-state index is -0.444. The molecule has 1 aromatic carbocycles. The van der Waals surface area contributed by atoms with Gasteiger partial charge in [0.1, 0.15) is 17.3 Å². The highest BCUT2D eigenvalue weighted by molar-refractivity contribution is 7.12. The Morgan fingerprint density at radius 1 is 1.21 bits per heavy atom. The van der Waals surface area contributed by atoms with Gasteiger partial charge in [-0.1, -0.05) is 19.1 Å². The lowest BCUT2D eigenvalue weighted by Gasteiger charge is -2.18. The lowest BCUT2D eigenvalue weighted by Crippen LogP contribution is -2.17. The lowest BCUT2D eigenvalue weighted by molar-refractivity contribution is 0.380. The molecule has 3 nitrogen and oxygen atoms in total. The van der Waals surface area contributed by atoms with E-state index in [1.807, 2.05) is 13.8 Å². The Labute approximate surface area is 173 Å². The maximum Gasteiger partial charge on any atom is 0.343 e. The topological polar surface area (TPSA) is 50.4 Å². The molecule has 29 heavy (non-hydrogen) atoms. The summed E-state index contributed by atoms with van der Waals surface area (Å²) in [6.45, 7) is 4.06. The Hall–Kier alpha value is -2.40. The van der Waals surface area contributed by atoms with E-state index in [2.05, 4.69) is 12.1 Å². The van der Waals surface area contributed by atoms with Gasteiger partial charge < -0.3 is 9.52 Å². The van der Waals surface area contributed by atoms with E-state index in [0.29, 0.717) is 23.7 Å². The van der Waals surface area contributed by atoms with E-state index < -0.39 is 5.63 Å². The second kappa shape index (κ2) is 8.15. The average Bonchev–Trinajstić information content (AvgIpc) is 3.44. The van der Waals surface area contributed by atoms with Crippen molar-refractivity contribution in [3.63, 3.8) is 0 Å². The van der Waals surface area contributed by atoms with E-state index in [-0.39, 0.29) is 23.4 Å². The summed E-state index contributed by atoms with van der Waals surface area (Å²) in [6, 6.07) is 12.1. The first-order valence-corrected chi connectivity index (χ1v) is 11.0. The normalized spacial score (nSPS) is 16.0. The fourth-order valence-corrected chi connectivity index (χ4v) is 5.09. The van der Waals surface area contributed by atoms with Crippen LogP contribution in [0.3, 0.4) is 0 Å². The predicted octanol–water partition coefficient (Wildman–Crippen LogP) is 6.13. The van der Waals surface area contributed by atoms with Crippen LogP contribution in [0, 0.1) is 18.7 Å². The van der Waals surface area contributed by atoms with Crippen LogP contribution in [0.25, 0.3) is 0 Å². The number of aromatic hydroxyl groups is 1. The van der Waals surface area contributed by atoms with Gasteiger partial charge in [0.2, 0.25) is 0 Å². The summed E-state index contributed by atoms with van der Waals surface area (Å²) >= 11 is 1.67. The number of aryl methyl sites for hydroxylation is 1. The zero-order valence-electron chi connectivity index (χ0n) is 16.7. The highest BCUT2D eigenvalue weighted by Crippen LogP contribution is 2.49. The summed E-state index contributed by atoms with van der Waals surface area (Å²) in [5, 5.41) is 10.8. The van der Waals surface area contributed by atoms with Crippen LogP contribution in [0.2, 0.25) is 0 Å². The molecule has 152 valence electrons. The van der Waals surface area contributed by atoms with Crippen LogP contribution in [0.4, 0.5) is 4.39 Å². The van der Waals surface area contributed by atoms with Crippen LogP contribution in [0.1, 0.15) is 64.7 Å². The summed E-state index contributed by atoms with van der Waals surface area (Å²) in [7, 11) is 0. The summed E-state index contributed by atoms with van der Waals surface area (Å²) < 4.78 is 18.9. The van der Waals surface area contributed by atoms with E-state index in [0.717, 1.165) is 29.7 Å². The lowest BCUT2D eigenvalue weighted by atomic mass is 9.90. The van der Waals surface area contributed by atoms with Gasteiger partial charge in [0.25, 0.3) is 0 Å². The van der Waals surface area contributed by atoms with Crippen LogP contribution >= 0.6 is 11.3 Å². The number of rotatable bonds is 7. The van der Waals surface area contributed by atoms with E-state index in [1.165, 1.54) is 17.0 Å². The highest BCUT2D eigenvalue weighted by atomic mass is 32.1. The van der Waals surface area contributed by atoms with Crippen LogP contribution in [0.5, 0.6) is 5.75 Å². The van der Waals surface area contributed by atoms with Crippen molar-refractivity contribution in [3.05, 3.63) is 85.3 Å². The molecule has 1 aliphatic rings. The molecule has 5 heteroatoms. The molecule has 0 spiro atoms. The van der Waals surface area contributed by atoms with E-state index in [4.69, 9.17) is 4.42 Å². The van der Waals surface area contributed by atoms with Crippen LogP contribution < -0.4 is 5.63 Å². The van der Waals surface area contributed by atoms with Gasteiger partial charge in [-0.2, -0.15) is 0 Å². The summed E-state index contributed by atoms with van der Waals surface area (Å²) in [5.74, 6) is 0.462. The molecule has 2 heterocycles. The monoisotopic (exact) mass is 412 g/mol. The third kappa shape index (κ3) is 4.30. The third-order valence-corrected chi connectivity index (χ3v) is 6.83. The maximum absolute atomic E-state index is 13.2. The van der Waals surface area contributed by atoms with Gasteiger partial charge >= 0.3 is 5.63 Å². The molecule has 1 fully saturated rings. The largest absolute Gasteiger partial charge is 0.507 e. The van der Waals surface area contributed by atoms with Crippen molar-refractivity contribution in [2.45, 2.75) is 51.4 Å². The van der Waals surface area contributed by atoms with Crippen molar-refractivity contribution in [2.75, 3.05) is 0 Å². The molecule has 1 saturated carbocycles. The quantitative estimate of drug-likeness (QED) is 0.508. The first-order chi connectivity index (χ1) is 14.0. The van der Waals surface area contributed by atoms with Gasteiger partial charge in [-0.25, -0.2) is 9.18 Å². The zero-order valence-corrected chi connectivity index (χ0v) is 17.5. The molecular formula is C24H25FO3S. The van der Waals surface area contributed by atoms with E-state index in [1.54, 1.807) is 29.5 Å². The molecule has 1 aliphatic carbocycles. The van der Waals surface area contributed by atoms with Gasteiger partial charge in [0.15, 0.2) is 0 Å². The molecule has 3 aromatic rings. The second-order valence-electron chi connectivity index (χ2n) is 7.93. The first kappa shape index (κ1) is 19.9. The number of benzene rings is 1. The number of hydrogen-bond donors (Lipinski definition) is 1. The van der Waals surface area contributed by atoms with Gasteiger partial charge in [-0.3, -0.25) is 0 Å². The average molecular weight is 413 g/mol. The van der Waals surface area contributed by atoms with E-state index >= 15 is 0 Å². The summed E-state index contributed by atoms with van der Waals surface area (Å²) in [4.78, 5) is 15.3. The molecule has 2 atom stereocenters. The molecule has 4 rings (SSSR count). The smallest absolute Gasteiger partial charge is 0.343 e. The zero-order chi connectivity index (χ0) is 20.5. The Kier molecular flexibility index (Phi) is 5.59. The van der Waals surface area contributed by atoms with Gasteiger partial charge in [0.05, 0.1) is 5.56 Å². The van der Waals surface area contributed by atoms with Gasteiger partial charge in [-0.15, -0.1) is 11.3 Å². The number of halogens is 1.